The number of nitrogens with zero attached hydrogens (tertiary/aromatic N) is 4. The molecule has 5 heteroatoms. The maximum absolute atomic E-state index is 8.85. The zero-order chi connectivity index (χ0) is 15.6. The Morgan fingerprint density at radius 1 is 1.18 bits per heavy atom. The molecule has 1 aliphatic heterocycles. The molecule has 1 N–H and O–H groups in total. The van der Waals surface area contributed by atoms with Gasteiger partial charge < -0.3 is 10.0 Å². The van der Waals surface area contributed by atoms with Gasteiger partial charge >= 0.3 is 0 Å². The van der Waals surface area contributed by atoms with Crippen LogP contribution in [-0.2, 0) is 13.0 Å². The molecule has 1 aromatic heterocycles. The molecule has 22 heavy (non-hydrogen) atoms. The summed E-state index contributed by atoms with van der Waals surface area (Å²) in [5.74, 6) is 0.735. The molecule has 0 unspecified atom stereocenters. The Morgan fingerprint density at radius 3 is 2.73 bits per heavy atom. The number of unbranched alkanes of at least 4 members (excludes halogenated alkanes) is 3. The quantitative estimate of drug-likeness (QED) is 0.675. The standard InChI is InChI=1S/C17H32N4O/c1-2-3-4-5-10-20-11-8-16(9-12-20)14-21-15-17(18-19-21)7-6-13-22/h15-16,22H,2-14H2,1H3. The van der Waals surface area contributed by atoms with Crippen molar-refractivity contribution in [2.75, 3.05) is 26.2 Å². The van der Waals surface area contributed by atoms with Crippen molar-refractivity contribution in [2.24, 2.45) is 5.92 Å². The number of likely N-dealkylation sites (tertiary alicyclic amines) is 1. The molecule has 0 spiro atoms. The second kappa shape index (κ2) is 9.95. The average molecular weight is 308 g/mol. The fraction of sp³-hybridized carbons (Fsp3) is 0.882. The minimum Gasteiger partial charge on any atom is -0.396 e. The summed E-state index contributed by atoms with van der Waals surface area (Å²) in [5, 5.41) is 17.3. The molecule has 0 bridgehead atoms. The number of rotatable bonds is 10. The van der Waals surface area contributed by atoms with Crippen molar-refractivity contribution in [1.29, 1.82) is 0 Å². The molecule has 0 radical (unpaired) electrons. The third-order valence-electron chi connectivity index (χ3n) is 4.66. The van der Waals surface area contributed by atoms with E-state index in [2.05, 4.69) is 22.1 Å². The first-order chi connectivity index (χ1) is 10.8. The van der Waals surface area contributed by atoms with Gasteiger partial charge in [-0.3, -0.25) is 4.68 Å². The number of aryl methyl sites for hydroxylation is 1. The summed E-state index contributed by atoms with van der Waals surface area (Å²) in [6, 6.07) is 0. The Labute approximate surface area is 134 Å². The lowest BCUT2D eigenvalue weighted by atomic mass is 9.96. The van der Waals surface area contributed by atoms with Gasteiger partial charge in [0.1, 0.15) is 0 Å². The lowest BCUT2D eigenvalue weighted by molar-refractivity contribution is 0.168. The average Bonchev–Trinajstić information content (AvgIpc) is 2.98. The van der Waals surface area contributed by atoms with E-state index in [0.717, 1.165) is 31.0 Å². The van der Waals surface area contributed by atoms with E-state index in [0.29, 0.717) is 0 Å². The Bertz CT molecular complexity index is 399. The van der Waals surface area contributed by atoms with Gasteiger partial charge in [0.25, 0.3) is 0 Å². The van der Waals surface area contributed by atoms with Crippen LogP contribution >= 0.6 is 0 Å². The Hall–Kier alpha value is -0.940. The van der Waals surface area contributed by atoms with Gasteiger partial charge in [-0.05, 0) is 57.7 Å². The number of piperidine rings is 1. The predicted molar refractivity (Wildman–Crippen MR) is 88.7 cm³/mol. The van der Waals surface area contributed by atoms with Gasteiger partial charge in [-0.25, -0.2) is 0 Å². The summed E-state index contributed by atoms with van der Waals surface area (Å²) in [7, 11) is 0. The molecule has 1 fully saturated rings. The largest absolute Gasteiger partial charge is 0.396 e. The van der Waals surface area contributed by atoms with Gasteiger partial charge in [0.15, 0.2) is 0 Å². The molecule has 0 aliphatic carbocycles. The fourth-order valence-corrected chi connectivity index (χ4v) is 3.22. The smallest absolute Gasteiger partial charge is 0.0828 e. The first-order valence-corrected chi connectivity index (χ1v) is 9.04. The molecule has 0 saturated carbocycles. The van der Waals surface area contributed by atoms with E-state index in [1.165, 1.54) is 58.2 Å². The molecular weight excluding hydrogens is 276 g/mol. The molecule has 1 aliphatic rings. The number of aromatic nitrogens is 3. The minimum absolute atomic E-state index is 0.226. The van der Waals surface area contributed by atoms with Crippen molar-refractivity contribution in [2.45, 2.75) is 64.8 Å². The number of hydrogen-bond donors (Lipinski definition) is 1. The monoisotopic (exact) mass is 308 g/mol. The summed E-state index contributed by atoms with van der Waals surface area (Å²) in [5.41, 5.74) is 1.00. The van der Waals surface area contributed by atoms with Gasteiger partial charge in [-0.15, -0.1) is 5.10 Å². The molecular formula is C17H32N4O. The van der Waals surface area contributed by atoms with Gasteiger partial charge in [-0.2, -0.15) is 0 Å². The van der Waals surface area contributed by atoms with Crippen LogP contribution < -0.4 is 0 Å². The van der Waals surface area contributed by atoms with Crippen LogP contribution in [0.5, 0.6) is 0 Å². The number of aliphatic hydroxyl groups is 1. The van der Waals surface area contributed by atoms with Crippen LogP contribution in [0.15, 0.2) is 6.20 Å². The highest BCUT2D eigenvalue weighted by atomic mass is 16.2. The molecule has 126 valence electrons. The molecule has 2 heterocycles. The fourth-order valence-electron chi connectivity index (χ4n) is 3.22. The van der Waals surface area contributed by atoms with Crippen molar-refractivity contribution < 1.29 is 5.11 Å². The van der Waals surface area contributed by atoms with Crippen molar-refractivity contribution >= 4 is 0 Å². The third kappa shape index (κ3) is 6.05. The predicted octanol–water partition coefficient (Wildman–Crippen LogP) is 2.50. The third-order valence-corrected chi connectivity index (χ3v) is 4.66. The van der Waals surface area contributed by atoms with Crippen LogP contribution in [0.2, 0.25) is 0 Å². The number of hydrogen-bond acceptors (Lipinski definition) is 4. The van der Waals surface area contributed by atoms with E-state index in [-0.39, 0.29) is 6.61 Å². The summed E-state index contributed by atoms with van der Waals surface area (Å²) < 4.78 is 1.99. The Morgan fingerprint density at radius 2 is 2.00 bits per heavy atom. The first kappa shape index (κ1) is 17.4. The van der Waals surface area contributed by atoms with E-state index >= 15 is 0 Å². The van der Waals surface area contributed by atoms with Crippen molar-refractivity contribution in [3.8, 4) is 0 Å². The Balaban J connectivity index is 1.63. The van der Waals surface area contributed by atoms with Crippen LogP contribution in [0.1, 0.15) is 57.6 Å². The highest BCUT2D eigenvalue weighted by molar-refractivity contribution is 4.92. The summed E-state index contributed by atoms with van der Waals surface area (Å²) in [6.07, 6.45) is 11.6. The van der Waals surface area contributed by atoms with Crippen LogP contribution in [0.25, 0.3) is 0 Å². The first-order valence-electron chi connectivity index (χ1n) is 9.04. The maximum Gasteiger partial charge on any atom is 0.0828 e. The topological polar surface area (TPSA) is 54.2 Å². The second-order valence-electron chi connectivity index (χ2n) is 6.60. The van der Waals surface area contributed by atoms with Crippen molar-refractivity contribution in [3.05, 3.63) is 11.9 Å². The molecule has 5 nitrogen and oxygen atoms in total. The normalized spacial score (nSPS) is 17.2. The maximum atomic E-state index is 8.85. The minimum atomic E-state index is 0.226. The van der Waals surface area contributed by atoms with Crippen LogP contribution in [0.4, 0.5) is 0 Å². The highest BCUT2D eigenvalue weighted by Crippen LogP contribution is 2.19. The van der Waals surface area contributed by atoms with E-state index in [4.69, 9.17) is 5.11 Å². The Kier molecular flexibility index (Phi) is 7.88. The van der Waals surface area contributed by atoms with Gasteiger partial charge in [0.2, 0.25) is 0 Å². The summed E-state index contributed by atoms with van der Waals surface area (Å²) in [4.78, 5) is 2.63. The highest BCUT2D eigenvalue weighted by Gasteiger charge is 2.19. The van der Waals surface area contributed by atoms with E-state index < -0.39 is 0 Å². The van der Waals surface area contributed by atoms with Crippen LogP contribution in [-0.4, -0.2) is 51.2 Å². The zero-order valence-electron chi connectivity index (χ0n) is 14.1. The van der Waals surface area contributed by atoms with Crippen LogP contribution in [0.3, 0.4) is 0 Å². The van der Waals surface area contributed by atoms with E-state index in [9.17, 15) is 0 Å². The van der Waals surface area contributed by atoms with Crippen molar-refractivity contribution in [3.63, 3.8) is 0 Å². The van der Waals surface area contributed by atoms with Crippen LogP contribution in [0, 0.1) is 5.92 Å². The summed E-state index contributed by atoms with van der Waals surface area (Å²) >= 11 is 0. The molecule has 0 aromatic carbocycles. The van der Waals surface area contributed by atoms with E-state index in [1.54, 1.807) is 0 Å². The molecule has 2 rings (SSSR count). The number of aliphatic hydroxyl groups excluding tert-OH is 1. The molecule has 0 atom stereocenters. The summed E-state index contributed by atoms with van der Waals surface area (Å²) in [6.45, 7) is 7.25. The lowest BCUT2D eigenvalue weighted by Crippen LogP contribution is -2.35. The van der Waals surface area contributed by atoms with E-state index in [1.807, 2.05) is 10.9 Å². The van der Waals surface area contributed by atoms with Gasteiger partial charge in [-0.1, -0.05) is 31.4 Å². The van der Waals surface area contributed by atoms with Gasteiger partial charge in [0.05, 0.1) is 5.69 Å². The SMILES string of the molecule is CCCCCCN1CCC(Cn2cc(CCCO)nn2)CC1. The molecule has 1 aromatic rings. The molecule has 1 saturated heterocycles. The van der Waals surface area contributed by atoms with Crippen molar-refractivity contribution in [1.82, 2.24) is 19.9 Å². The molecule has 0 amide bonds. The lowest BCUT2D eigenvalue weighted by Gasteiger charge is -2.31. The second-order valence-corrected chi connectivity index (χ2v) is 6.60. The zero-order valence-corrected chi connectivity index (χ0v) is 14.1. The van der Waals surface area contributed by atoms with Gasteiger partial charge in [0, 0.05) is 19.3 Å².